The third-order valence-electron chi connectivity index (χ3n) is 2.94. The Kier molecular flexibility index (Phi) is 5.46. The largest absolute Gasteiger partial charge is 0.381 e. The van der Waals surface area contributed by atoms with Crippen molar-refractivity contribution < 1.29 is 9.66 Å². The number of anilines is 1. The number of benzene rings is 1. The lowest BCUT2D eigenvalue weighted by atomic mass is 10.2. The Balaban J connectivity index is 2.06. The van der Waals surface area contributed by atoms with Crippen LogP contribution in [0.4, 0.5) is 11.4 Å². The molecule has 1 aromatic carbocycles. The van der Waals surface area contributed by atoms with Gasteiger partial charge in [0.1, 0.15) is 5.69 Å². The number of ether oxygens (including phenoxy) is 1. The Morgan fingerprint density at radius 3 is 2.95 bits per heavy atom. The number of nitrogens with zero attached hydrogens (tertiary/aromatic N) is 2. The minimum Gasteiger partial charge on any atom is -0.381 e. The number of aryl methyl sites for hydroxylation is 1. The Morgan fingerprint density at radius 2 is 2.24 bits per heavy atom. The number of nitro groups is 1. The lowest BCUT2D eigenvalue weighted by Crippen LogP contribution is -2.07. The van der Waals surface area contributed by atoms with E-state index in [9.17, 15) is 10.1 Å². The molecule has 0 aliphatic carbocycles. The minimum absolute atomic E-state index is 0.0978. The molecule has 0 saturated heterocycles. The molecule has 0 atom stereocenters. The summed E-state index contributed by atoms with van der Waals surface area (Å²) < 4.78 is 6.23. The Hall–Kier alpha value is -1.73. The van der Waals surface area contributed by atoms with Crippen LogP contribution >= 0.6 is 11.3 Å². The van der Waals surface area contributed by atoms with Crippen LogP contribution in [0.15, 0.2) is 12.1 Å². The number of thiazole rings is 1. The van der Waals surface area contributed by atoms with E-state index in [0.717, 1.165) is 34.7 Å². The highest BCUT2D eigenvalue weighted by Gasteiger charge is 2.16. The zero-order valence-electron chi connectivity index (χ0n) is 12.2. The monoisotopic (exact) mass is 309 g/mol. The van der Waals surface area contributed by atoms with Crippen LogP contribution in [0.5, 0.6) is 0 Å². The first kappa shape index (κ1) is 15.7. The first-order valence-electron chi connectivity index (χ1n) is 6.99. The van der Waals surface area contributed by atoms with Crippen molar-refractivity contribution in [2.75, 3.05) is 25.1 Å². The van der Waals surface area contributed by atoms with E-state index in [0.29, 0.717) is 18.8 Å². The van der Waals surface area contributed by atoms with Crippen LogP contribution in [0.1, 0.15) is 24.8 Å². The summed E-state index contributed by atoms with van der Waals surface area (Å²) in [7, 11) is 0. The molecule has 0 aliphatic heterocycles. The molecule has 2 aromatic rings. The minimum atomic E-state index is -0.357. The van der Waals surface area contributed by atoms with Gasteiger partial charge in [0.15, 0.2) is 0 Å². The molecule has 0 aliphatic rings. The average Bonchev–Trinajstić information content (AvgIpc) is 2.80. The van der Waals surface area contributed by atoms with E-state index < -0.39 is 0 Å². The van der Waals surface area contributed by atoms with Gasteiger partial charge in [0, 0.05) is 25.8 Å². The van der Waals surface area contributed by atoms with Gasteiger partial charge in [-0.15, -0.1) is 11.3 Å². The standard InChI is InChI=1S/C14H19N3O3S/c1-3-6-20-7-4-5-15-11-8-12-14(21-10(2)16-12)9-13(11)17(18)19/h8-9,15H,3-7H2,1-2H3. The van der Waals surface area contributed by atoms with E-state index >= 15 is 0 Å². The van der Waals surface area contributed by atoms with Crippen LogP contribution in [0.2, 0.25) is 0 Å². The fraction of sp³-hybridized carbons (Fsp3) is 0.500. The Bertz CT molecular complexity index is 627. The number of nitro benzene ring substituents is 1. The van der Waals surface area contributed by atoms with Gasteiger partial charge in [-0.25, -0.2) is 4.98 Å². The maximum absolute atomic E-state index is 11.2. The van der Waals surface area contributed by atoms with Gasteiger partial charge in [-0.05, 0) is 25.8 Å². The van der Waals surface area contributed by atoms with Crippen molar-refractivity contribution in [2.45, 2.75) is 26.7 Å². The maximum Gasteiger partial charge on any atom is 0.293 e. The SMILES string of the molecule is CCCOCCCNc1cc2nc(C)sc2cc1[N+](=O)[O-]. The molecule has 1 aromatic heterocycles. The molecule has 2 rings (SSSR count). The summed E-state index contributed by atoms with van der Waals surface area (Å²) in [6.07, 6.45) is 1.81. The molecule has 0 fully saturated rings. The molecule has 0 radical (unpaired) electrons. The molecular formula is C14H19N3O3S. The molecule has 21 heavy (non-hydrogen) atoms. The lowest BCUT2D eigenvalue weighted by molar-refractivity contribution is -0.383. The molecule has 1 N–H and O–H groups in total. The van der Waals surface area contributed by atoms with Gasteiger partial charge in [-0.1, -0.05) is 6.92 Å². The van der Waals surface area contributed by atoms with Gasteiger partial charge < -0.3 is 10.1 Å². The van der Waals surface area contributed by atoms with E-state index in [2.05, 4.69) is 17.2 Å². The van der Waals surface area contributed by atoms with Crippen LogP contribution in [-0.4, -0.2) is 29.7 Å². The lowest BCUT2D eigenvalue weighted by Gasteiger charge is -2.07. The van der Waals surface area contributed by atoms with Crippen molar-refractivity contribution in [3.05, 3.63) is 27.3 Å². The summed E-state index contributed by atoms with van der Waals surface area (Å²) in [4.78, 5) is 15.2. The van der Waals surface area contributed by atoms with Crippen LogP contribution < -0.4 is 5.32 Å². The Labute approximate surface area is 127 Å². The predicted octanol–water partition coefficient (Wildman–Crippen LogP) is 3.74. The van der Waals surface area contributed by atoms with Gasteiger partial charge >= 0.3 is 0 Å². The van der Waals surface area contributed by atoms with E-state index in [1.54, 1.807) is 12.1 Å². The van der Waals surface area contributed by atoms with Gasteiger partial charge in [-0.3, -0.25) is 10.1 Å². The number of hydrogen-bond acceptors (Lipinski definition) is 6. The van der Waals surface area contributed by atoms with Crippen LogP contribution in [0.25, 0.3) is 10.2 Å². The molecule has 6 nitrogen and oxygen atoms in total. The molecule has 0 bridgehead atoms. The highest BCUT2D eigenvalue weighted by atomic mass is 32.1. The fourth-order valence-electron chi connectivity index (χ4n) is 2.01. The second-order valence-corrected chi connectivity index (χ2v) is 5.95. The van der Waals surface area contributed by atoms with Crippen LogP contribution in [0.3, 0.4) is 0 Å². The van der Waals surface area contributed by atoms with E-state index in [-0.39, 0.29) is 10.6 Å². The van der Waals surface area contributed by atoms with E-state index in [1.807, 2.05) is 6.92 Å². The van der Waals surface area contributed by atoms with Gasteiger partial charge in [-0.2, -0.15) is 0 Å². The average molecular weight is 309 g/mol. The van der Waals surface area contributed by atoms with Crippen molar-refractivity contribution in [3.63, 3.8) is 0 Å². The van der Waals surface area contributed by atoms with Gasteiger partial charge in [0.05, 0.1) is 20.1 Å². The topological polar surface area (TPSA) is 77.3 Å². The third-order valence-corrected chi connectivity index (χ3v) is 3.87. The number of fused-ring (bicyclic) bond motifs is 1. The molecule has 0 amide bonds. The van der Waals surface area contributed by atoms with Gasteiger partial charge in [0.25, 0.3) is 5.69 Å². The third kappa shape index (κ3) is 4.12. The van der Waals surface area contributed by atoms with Crippen molar-refractivity contribution in [1.82, 2.24) is 4.98 Å². The van der Waals surface area contributed by atoms with Gasteiger partial charge in [0.2, 0.25) is 0 Å². The first-order chi connectivity index (χ1) is 10.1. The summed E-state index contributed by atoms with van der Waals surface area (Å²) in [5.41, 5.74) is 1.42. The number of hydrogen-bond donors (Lipinski definition) is 1. The number of rotatable bonds is 8. The second-order valence-electron chi connectivity index (χ2n) is 4.72. The molecule has 7 heteroatoms. The summed E-state index contributed by atoms with van der Waals surface area (Å²) in [6.45, 7) is 6.01. The highest BCUT2D eigenvalue weighted by Crippen LogP contribution is 2.32. The molecule has 0 spiro atoms. The second kappa shape index (κ2) is 7.33. The Morgan fingerprint density at radius 1 is 1.43 bits per heavy atom. The quantitative estimate of drug-likeness (QED) is 0.456. The molecule has 0 unspecified atom stereocenters. The summed E-state index contributed by atoms with van der Waals surface area (Å²) >= 11 is 1.47. The van der Waals surface area contributed by atoms with Crippen molar-refractivity contribution >= 4 is 32.9 Å². The van der Waals surface area contributed by atoms with E-state index in [4.69, 9.17) is 4.74 Å². The molecule has 1 heterocycles. The highest BCUT2D eigenvalue weighted by molar-refractivity contribution is 7.18. The molecule has 0 saturated carbocycles. The smallest absolute Gasteiger partial charge is 0.293 e. The summed E-state index contributed by atoms with van der Waals surface area (Å²) in [5, 5.41) is 15.2. The zero-order chi connectivity index (χ0) is 15.2. The van der Waals surface area contributed by atoms with Crippen molar-refractivity contribution in [3.8, 4) is 0 Å². The zero-order valence-corrected chi connectivity index (χ0v) is 13.0. The number of nitrogens with one attached hydrogen (secondary N) is 1. The van der Waals surface area contributed by atoms with Crippen LogP contribution in [-0.2, 0) is 4.74 Å². The molecular weight excluding hydrogens is 290 g/mol. The number of aromatic nitrogens is 1. The predicted molar refractivity (Wildman–Crippen MR) is 85.2 cm³/mol. The van der Waals surface area contributed by atoms with Crippen molar-refractivity contribution in [1.29, 1.82) is 0 Å². The summed E-state index contributed by atoms with van der Waals surface area (Å²) in [6, 6.07) is 3.35. The van der Waals surface area contributed by atoms with Crippen molar-refractivity contribution in [2.24, 2.45) is 0 Å². The maximum atomic E-state index is 11.2. The molecule has 114 valence electrons. The first-order valence-corrected chi connectivity index (χ1v) is 7.80. The summed E-state index contributed by atoms with van der Waals surface area (Å²) in [5.74, 6) is 0. The normalized spacial score (nSPS) is 11.0. The van der Waals surface area contributed by atoms with Crippen LogP contribution in [0, 0.1) is 17.0 Å². The van der Waals surface area contributed by atoms with E-state index in [1.165, 1.54) is 11.3 Å². The fourth-order valence-corrected chi connectivity index (χ4v) is 2.86.